The maximum absolute atomic E-state index is 14.9. The number of carbonyl (C=O) groups is 2. The van der Waals surface area contributed by atoms with Gasteiger partial charge in [0.15, 0.2) is 5.82 Å². The Bertz CT molecular complexity index is 1580. The third kappa shape index (κ3) is 5.85. The SMILES string of the molecule is CNCCNc1nc(-c2cc(C(=O)NCc3ccccc3)ccc2C)c2c(n1)N(c1c(F)cccc1F)C(=O)NC2. The number of hydrogen-bond acceptors (Lipinski definition) is 6. The van der Waals surface area contributed by atoms with Crippen LogP contribution in [0, 0.1) is 18.6 Å². The van der Waals surface area contributed by atoms with E-state index in [4.69, 9.17) is 4.98 Å². The second-order valence-corrected chi connectivity index (χ2v) is 9.49. The van der Waals surface area contributed by atoms with Crippen molar-refractivity contribution in [3.8, 4) is 11.3 Å². The lowest BCUT2D eigenvalue weighted by atomic mass is 9.97. The first-order chi connectivity index (χ1) is 19.9. The number of aromatic nitrogens is 2. The van der Waals surface area contributed by atoms with Gasteiger partial charge in [-0.3, -0.25) is 4.79 Å². The lowest BCUT2D eigenvalue weighted by molar-refractivity contribution is 0.0951. The summed E-state index contributed by atoms with van der Waals surface area (Å²) in [6.07, 6.45) is 0. The van der Waals surface area contributed by atoms with Crippen molar-refractivity contribution in [1.29, 1.82) is 0 Å². The highest BCUT2D eigenvalue weighted by atomic mass is 19.1. The number of amides is 3. The summed E-state index contributed by atoms with van der Waals surface area (Å²) in [6, 6.07) is 17.5. The molecule has 0 bridgehead atoms. The monoisotopic (exact) mass is 557 g/mol. The second kappa shape index (κ2) is 12.1. The van der Waals surface area contributed by atoms with Crippen molar-refractivity contribution in [3.05, 3.63) is 101 Å². The van der Waals surface area contributed by atoms with Gasteiger partial charge < -0.3 is 21.3 Å². The van der Waals surface area contributed by atoms with Crippen molar-refractivity contribution in [2.24, 2.45) is 0 Å². The average molecular weight is 558 g/mol. The predicted octanol–water partition coefficient (Wildman–Crippen LogP) is 4.65. The number of urea groups is 1. The Balaban J connectivity index is 1.60. The molecule has 3 amide bonds. The number of fused-ring (bicyclic) bond motifs is 1. The van der Waals surface area contributed by atoms with Gasteiger partial charge in [0.2, 0.25) is 5.95 Å². The summed E-state index contributed by atoms with van der Waals surface area (Å²) in [5, 5.41) is 11.7. The average Bonchev–Trinajstić information content (AvgIpc) is 2.97. The molecule has 0 saturated carbocycles. The summed E-state index contributed by atoms with van der Waals surface area (Å²) in [7, 11) is 1.80. The van der Waals surface area contributed by atoms with Crippen molar-refractivity contribution in [2.75, 3.05) is 30.4 Å². The molecule has 4 N–H and O–H groups in total. The molecule has 0 unspecified atom stereocenters. The molecule has 0 aliphatic carbocycles. The number of carbonyl (C=O) groups excluding carboxylic acids is 2. The number of hydrogen-bond donors (Lipinski definition) is 4. The number of benzene rings is 3. The minimum atomic E-state index is -0.911. The van der Waals surface area contributed by atoms with E-state index in [0.717, 1.165) is 28.2 Å². The van der Waals surface area contributed by atoms with E-state index in [9.17, 15) is 18.4 Å². The van der Waals surface area contributed by atoms with Gasteiger partial charge in [-0.05, 0) is 49.4 Å². The maximum Gasteiger partial charge on any atom is 0.328 e. The van der Waals surface area contributed by atoms with Gasteiger partial charge in [-0.25, -0.2) is 23.5 Å². The van der Waals surface area contributed by atoms with Crippen LogP contribution < -0.4 is 26.2 Å². The molecular formula is C30H29F2N7O2. The van der Waals surface area contributed by atoms with Gasteiger partial charge in [0.05, 0.1) is 12.2 Å². The van der Waals surface area contributed by atoms with E-state index in [1.54, 1.807) is 19.2 Å². The van der Waals surface area contributed by atoms with Crippen LogP contribution in [0.3, 0.4) is 0 Å². The highest BCUT2D eigenvalue weighted by Gasteiger charge is 2.34. The van der Waals surface area contributed by atoms with E-state index in [1.807, 2.05) is 43.3 Å². The Labute approximate surface area is 236 Å². The van der Waals surface area contributed by atoms with Crippen molar-refractivity contribution in [2.45, 2.75) is 20.0 Å². The number of rotatable bonds is 9. The van der Waals surface area contributed by atoms with Gasteiger partial charge in [-0.2, -0.15) is 4.98 Å². The first-order valence-corrected chi connectivity index (χ1v) is 13.1. The normalized spacial score (nSPS) is 12.5. The van der Waals surface area contributed by atoms with Crippen LogP contribution in [0.1, 0.15) is 27.0 Å². The summed E-state index contributed by atoms with van der Waals surface area (Å²) in [5.41, 5.74) is 3.16. The smallest absolute Gasteiger partial charge is 0.328 e. The Morgan fingerprint density at radius 2 is 1.76 bits per heavy atom. The Hall–Kier alpha value is -4.90. The van der Waals surface area contributed by atoms with Crippen LogP contribution in [0.15, 0.2) is 66.7 Å². The van der Waals surface area contributed by atoms with E-state index < -0.39 is 23.4 Å². The predicted molar refractivity (Wildman–Crippen MR) is 153 cm³/mol. The van der Waals surface area contributed by atoms with E-state index >= 15 is 0 Å². The molecule has 3 aromatic carbocycles. The fourth-order valence-corrected chi connectivity index (χ4v) is 4.57. The fourth-order valence-electron chi connectivity index (χ4n) is 4.57. The molecule has 1 aliphatic heterocycles. The molecule has 0 spiro atoms. The minimum Gasteiger partial charge on any atom is -0.353 e. The molecule has 0 atom stereocenters. The van der Waals surface area contributed by atoms with Crippen molar-refractivity contribution < 1.29 is 18.4 Å². The third-order valence-electron chi connectivity index (χ3n) is 6.69. The van der Waals surface area contributed by atoms with E-state index in [-0.39, 0.29) is 24.2 Å². The Morgan fingerprint density at radius 3 is 2.49 bits per heavy atom. The number of likely N-dealkylation sites (N-methyl/N-ethyl adjacent to an activating group) is 1. The van der Waals surface area contributed by atoms with Crippen LogP contribution in [0.25, 0.3) is 11.3 Å². The van der Waals surface area contributed by atoms with Crippen molar-refractivity contribution in [3.63, 3.8) is 0 Å². The van der Waals surface area contributed by atoms with E-state index in [2.05, 4.69) is 26.3 Å². The quantitative estimate of drug-likeness (QED) is 0.223. The number of aryl methyl sites for hydroxylation is 1. The molecule has 0 fully saturated rings. The second-order valence-electron chi connectivity index (χ2n) is 9.49. The van der Waals surface area contributed by atoms with Crippen LogP contribution in [-0.2, 0) is 13.1 Å². The fraction of sp³-hybridized carbons (Fsp3) is 0.200. The number of halogens is 2. The van der Waals surface area contributed by atoms with Gasteiger partial charge in [0.25, 0.3) is 5.91 Å². The van der Waals surface area contributed by atoms with Gasteiger partial charge in [-0.1, -0.05) is 42.5 Å². The van der Waals surface area contributed by atoms with Crippen LogP contribution in [-0.4, -0.2) is 42.0 Å². The Morgan fingerprint density at radius 1 is 1.00 bits per heavy atom. The lowest BCUT2D eigenvalue weighted by Gasteiger charge is -2.31. The number of nitrogens with one attached hydrogen (secondary N) is 4. The standard InChI is InChI=1S/C30H29F2N7O2/c1-18-11-12-20(28(40)35-16-19-7-4-3-5-8-19)15-21(18)25-22-17-36-30(41)39(26-23(31)9-6-10-24(26)32)27(22)38-29(37-25)34-14-13-33-2/h3-12,15,33H,13-14,16-17H2,1-2H3,(H,35,40)(H,36,41)(H,34,37,38). The van der Waals surface area contributed by atoms with Gasteiger partial charge in [0, 0.05) is 36.3 Å². The summed E-state index contributed by atoms with van der Waals surface area (Å²) >= 11 is 0. The molecule has 1 aliphatic rings. The lowest BCUT2D eigenvalue weighted by Crippen LogP contribution is -2.43. The molecule has 0 radical (unpaired) electrons. The molecule has 4 aromatic rings. The molecule has 5 rings (SSSR count). The van der Waals surface area contributed by atoms with E-state index in [1.165, 1.54) is 6.07 Å². The van der Waals surface area contributed by atoms with Gasteiger partial charge in [0.1, 0.15) is 17.3 Å². The van der Waals surface area contributed by atoms with Crippen molar-refractivity contribution in [1.82, 2.24) is 25.9 Å². The van der Waals surface area contributed by atoms with Crippen LogP contribution in [0.5, 0.6) is 0 Å². The van der Waals surface area contributed by atoms with E-state index in [0.29, 0.717) is 42.0 Å². The molecule has 11 heteroatoms. The molecule has 210 valence electrons. The summed E-state index contributed by atoms with van der Waals surface area (Å²) in [6.45, 7) is 3.31. The maximum atomic E-state index is 14.9. The van der Waals surface area contributed by atoms with Crippen LogP contribution in [0.2, 0.25) is 0 Å². The third-order valence-corrected chi connectivity index (χ3v) is 6.69. The van der Waals surface area contributed by atoms with Crippen LogP contribution >= 0.6 is 0 Å². The Kier molecular flexibility index (Phi) is 8.16. The van der Waals surface area contributed by atoms with Crippen molar-refractivity contribution >= 4 is 29.4 Å². The zero-order chi connectivity index (χ0) is 28.9. The minimum absolute atomic E-state index is 0.0245. The van der Waals surface area contributed by atoms with Gasteiger partial charge >= 0.3 is 6.03 Å². The van der Waals surface area contributed by atoms with Crippen LogP contribution in [0.4, 0.5) is 31.0 Å². The highest BCUT2D eigenvalue weighted by molar-refractivity contribution is 6.02. The molecule has 9 nitrogen and oxygen atoms in total. The molecule has 1 aromatic heterocycles. The summed E-state index contributed by atoms with van der Waals surface area (Å²) in [5.74, 6) is -1.87. The summed E-state index contributed by atoms with van der Waals surface area (Å²) in [4.78, 5) is 36.2. The number of nitrogens with zero attached hydrogens (tertiary/aromatic N) is 3. The first-order valence-electron chi connectivity index (χ1n) is 13.1. The topological polar surface area (TPSA) is 111 Å². The molecule has 0 saturated heterocycles. The highest BCUT2D eigenvalue weighted by Crippen LogP contribution is 2.39. The largest absolute Gasteiger partial charge is 0.353 e. The molecule has 2 heterocycles. The summed E-state index contributed by atoms with van der Waals surface area (Å²) < 4.78 is 29.8. The zero-order valence-corrected chi connectivity index (χ0v) is 22.6. The number of para-hydroxylation sites is 1. The van der Waals surface area contributed by atoms with Gasteiger partial charge in [-0.15, -0.1) is 0 Å². The number of anilines is 3. The molecular weight excluding hydrogens is 528 g/mol. The molecule has 41 heavy (non-hydrogen) atoms. The zero-order valence-electron chi connectivity index (χ0n) is 22.6. The first kappa shape index (κ1) is 27.7.